The second-order valence-corrected chi connectivity index (χ2v) is 11.7. The van der Waals surface area contributed by atoms with Gasteiger partial charge in [0, 0.05) is 20.6 Å². The molecule has 4 aromatic carbocycles. The molecule has 0 aliphatic heterocycles. The van der Waals surface area contributed by atoms with Gasteiger partial charge in [-0.1, -0.05) is 75.8 Å². The fourth-order valence-corrected chi connectivity index (χ4v) is 5.66. The normalized spacial score (nSPS) is 11.2. The smallest absolute Gasteiger partial charge is 0.272 e. The molecule has 5 aromatic rings. The first-order valence-corrected chi connectivity index (χ1v) is 15.1. The number of para-hydroxylation sites is 1. The fourth-order valence-electron chi connectivity index (χ4n) is 3.76. The second-order valence-electron chi connectivity index (χ2n) is 8.74. The molecule has 0 saturated carbocycles. The van der Waals surface area contributed by atoms with E-state index in [1.54, 1.807) is 48.5 Å². The molecule has 0 radical (unpaired) electrons. The maximum atomic E-state index is 13.3. The van der Waals surface area contributed by atoms with Crippen LogP contribution in [0.25, 0.3) is 16.3 Å². The number of amides is 3. The summed E-state index contributed by atoms with van der Waals surface area (Å²) in [7, 11) is 0. The average molecular weight is 644 g/mol. The number of benzene rings is 4. The van der Waals surface area contributed by atoms with Gasteiger partial charge >= 0.3 is 0 Å². The first kappa shape index (κ1) is 28.3. The van der Waals surface area contributed by atoms with Gasteiger partial charge in [-0.25, -0.2) is 4.98 Å². The Morgan fingerprint density at radius 2 is 1.61 bits per heavy atom. The number of anilines is 2. The minimum absolute atomic E-state index is 0.0921. The number of hydrogen-bond acceptors (Lipinski definition) is 6. The van der Waals surface area contributed by atoms with Crippen LogP contribution in [0.2, 0.25) is 0 Å². The van der Waals surface area contributed by atoms with E-state index in [-0.39, 0.29) is 17.4 Å². The van der Waals surface area contributed by atoms with Crippen molar-refractivity contribution >= 4 is 83.9 Å². The van der Waals surface area contributed by atoms with E-state index in [4.69, 9.17) is 0 Å². The number of nitrogens with zero attached hydrogens (tertiary/aromatic N) is 1. The van der Waals surface area contributed by atoms with Gasteiger partial charge in [-0.2, -0.15) is 0 Å². The third-order valence-electron chi connectivity index (χ3n) is 5.71. The van der Waals surface area contributed by atoms with E-state index < -0.39 is 11.8 Å². The summed E-state index contributed by atoms with van der Waals surface area (Å²) in [4.78, 5) is 44.0. The lowest BCUT2D eigenvalue weighted by atomic mass is 10.1. The number of carbonyl (C=O) groups is 3. The molecule has 0 atom stereocenters. The minimum atomic E-state index is -0.479. The van der Waals surface area contributed by atoms with Crippen molar-refractivity contribution in [1.82, 2.24) is 10.3 Å². The van der Waals surface area contributed by atoms with Gasteiger partial charge in [0.2, 0.25) is 5.91 Å². The molecule has 0 aliphatic rings. The largest absolute Gasteiger partial charge is 0.321 e. The second kappa shape index (κ2) is 13.4. The van der Waals surface area contributed by atoms with Crippen LogP contribution < -0.4 is 16.0 Å². The van der Waals surface area contributed by atoms with Crippen molar-refractivity contribution in [2.24, 2.45) is 0 Å². The topological polar surface area (TPSA) is 100 Å². The van der Waals surface area contributed by atoms with Gasteiger partial charge in [-0.15, -0.1) is 11.8 Å². The van der Waals surface area contributed by atoms with Crippen molar-refractivity contribution < 1.29 is 14.4 Å². The lowest BCUT2D eigenvalue weighted by Gasteiger charge is -2.12. The van der Waals surface area contributed by atoms with Crippen LogP contribution >= 0.6 is 39.0 Å². The lowest BCUT2D eigenvalue weighted by Crippen LogP contribution is -2.30. The Balaban J connectivity index is 1.25. The summed E-state index contributed by atoms with van der Waals surface area (Å²) in [5.41, 5.74) is 2.65. The number of fused-ring (bicyclic) bond motifs is 1. The molecule has 10 heteroatoms. The summed E-state index contributed by atoms with van der Waals surface area (Å²) in [5, 5.41) is 9.00. The number of thioether (sulfide) groups is 1. The van der Waals surface area contributed by atoms with Crippen molar-refractivity contribution in [3.05, 3.63) is 124 Å². The standard InChI is InChI=1S/C31H23BrN4O3S2/c32-22-15-13-20(14-16-22)17-26(34-29(38)21-7-2-1-3-8-21)30(39)33-23-9-6-10-24(18-23)40-19-28(37)36-31-35-25-11-4-5-12-27(25)41-31/h1-18H,19H2,(H,33,39)(H,34,38)(H,35,36,37)/b26-17-. The molecule has 0 bridgehead atoms. The van der Waals surface area contributed by atoms with Crippen LogP contribution in [0.15, 0.2) is 118 Å². The Bertz CT molecular complexity index is 1700. The van der Waals surface area contributed by atoms with Gasteiger partial charge in [0.05, 0.1) is 16.0 Å². The van der Waals surface area contributed by atoms with Crippen LogP contribution in [-0.2, 0) is 9.59 Å². The molecular formula is C31H23BrN4O3S2. The number of hydrogen-bond donors (Lipinski definition) is 3. The van der Waals surface area contributed by atoms with Crippen molar-refractivity contribution in [2.45, 2.75) is 4.90 Å². The van der Waals surface area contributed by atoms with Crippen LogP contribution in [0.1, 0.15) is 15.9 Å². The number of thiazole rings is 1. The summed E-state index contributed by atoms with van der Waals surface area (Å²) >= 11 is 6.17. The molecule has 41 heavy (non-hydrogen) atoms. The lowest BCUT2D eigenvalue weighted by molar-refractivity contribution is -0.114. The predicted octanol–water partition coefficient (Wildman–Crippen LogP) is 7.20. The molecule has 5 rings (SSSR count). The highest BCUT2D eigenvalue weighted by Crippen LogP contribution is 2.26. The van der Waals surface area contributed by atoms with Gasteiger partial charge in [0.1, 0.15) is 5.70 Å². The first-order valence-electron chi connectivity index (χ1n) is 12.5. The third-order valence-corrected chi connectivity index (χ3v) is 8.19. The quantitative estimate of drug-likeness (QED) is 0.117. The summed E-state index contributed by atoms with van der Waals surface area (Å²) in [6.45, 7) is 0. The zero-order valence-electron chi connectivity index (χ0n) is 21.5. The summed E-state index contributed by atoms with van der Waals surface area (Å²) in [5.74, 6) is -0.873. The van der Waals surface area contributed by atoms with Crippen LogP contribution in [0.3, 0.4) is 0 Å². The molecule has 1 heterocycles. The van der Waals surface area contributed by atoms with Gasteiger partial charge in [-0.3, -0.25) is 14.4 Å². The Labute approximate surface area is 253 Å². The van der Waals surface area contributed by atoms with Crippen LogP contribution in [0, 0.1) is 0 Å². The highest BCUT2D eigenvalue weighted by atomic mass is 79.9. The number of carbonyl (C=O) groups excluding carboxylic acids is 3. The van der Waals surface area contributed by atoms with Gasteiger partial charge < -0.3 is 16.0 Å². The minimum Gasteiger partial charge on any atom is -0.321 e. The Morgan fingerprint density at radius 3 is 2.39 bits per heavy atom. The van der Waals surface area contributed by atoms with Crippen molar-refractivity contribution in [3.8, 4) is 0 Å². The van der Waals surface area contributed by atoms with E-state index in [1.165, 1.54) is 23.1 Å². The van der Waals surface area contributed by atoms with Crippen molar-refractivity contribution in [1.29, 1.82) is 0 Å². The highest BCUT2D eigenvalue weighted by Gasteiger charge is 2.16. The number of rotatable bonds is 9. The highest BCUT2D eigenvalue weighted by molar-refractivity contribution is 9.10. The maximum Gasteiger partial charge on any atom is 0.272 e. The van der Waals surface area contributed by atoms with E-state index in [2.05, 4.69) is 36.9 Å². The van der Waals surface area contributed by atoms with E-state index in [1.807, 2.05) is 60.7 Å². The van der Waals surface area contributed by atoms with Crippen LogP contribution in [-0.4, -0.2) is 28.5 Å². The average Bonchev–Trinajstić information content (AvgIpc) is 3.39. The van der Waals surface area contributed by atoms with E-state index >= 15 is 0 Å². The molecule has 0 fully saturated rings. The number of aromatic nitrogens is 1. The summed E-state index contributed by atoms with van der Waals surface area (Å²) in [6, 6.07) is 31.0. The summed E-state index contributed by atoms with van der Waals surface area (Å²) in [6.07, 6.45) is 1.62. The Morgan fingerprint density at radius 1 is 0.854 bits per heavy atom. The first-order chi connectivity index (χ1) is 19.9. The number of halogens is 1. The van der Waals surface area contributed by atoms with Gasteiger partial charge in [0.15, 0.2) is 5.13 Å². The molecule has 0 spiro atoms. The van der Waals surface area contributed by atoms with E-state index in [0.29, 0.717) is 16.4 Å². The zero-order chi connectivity index (χ0) is 28.6. The van der Waals surface area contributed by atoms with Crippen LogP contribution in [0.5, 0.6) is 0 Å². The molecule has 3 amide bonds. The molecule has 1 aromatic heterocycles. The molecule has 0 unspecified atom stereocenters. The predicted molar refractivity (Wildman–Crippen MR) is 170 cm³/mol. The monoisotopic (exact) mass is 642 g/mol. The zero-order valence-corrected chi connectivity index (χ0v) is 24.7. The molecule has 3 N–H and O–H groups in total. The maximum absolute atomic E-state index is 13.3. The molecular weight excluding hydrogens is 620 g/mol. The van der Waals surface area contributed by atoms with Crippen molar-refractivity contribution in [2.75, 3.05) is 16.4 Å². The van der Waals surface area contributed by atoms with Crippen molar-refractivity contribution in [3.63, 3.8) is 0 Å². The number of nitrogens with one attached hydrogen (secondary N) is 3. The Hall–Kier alpha value is -4.25. The molecule has 204 valence electrons. The van der Waals surface area contributed by atoms with Gasteiger partial charge in [0.25, 0.3) is 11.8 Å². The van der Waals surface area contributed by atoms with E-state index in [9.17, 15) is 14.4 Å². The van der Waals surface area contributed by atoms with E-state index in [0.717, 1.165) is 25.1 Å². The van der Waals surface area contributed by atoms with Gasteiger partial charge in [-0.05, 0) is 66.2 Å². The third kappa shape index (κ3) is 7.91. The SMILES string of the molecule is O=C(CSc1cccc(NC(=O)/C(=C/c2ccc(Br)cc2)NC(=O)c2ccccc2)c1)Nc1nc2ccccc2s1. The summed E-state index contributed by atoms with van der Waals surface area (Å²) < 4.78 is 1.91. The fraction of sp³-hybridized carbons (Fsp3) is 0.0323. The molecule has 0 saturated heterocycles. The Kier molecular flexibility index (Phi) is 9.25. The van der Waals surface area contributed by atoms with Crippen LogP contribution in [0.4, 0.5) is 10.8 Å². The molecule has 7 nitrogen and oxygen atoms in total. The molecule has 0 aliphatic carbocycles.